The van der Waals surface area contributed by atoms with Crippen molar-refractivity contribution in [3.05, 3.63) is 60.2 Å². The van der Waals surface area contributed by atoms with E-state index < -0.39 is 0 Å². The standard InChI is InChI=1S/C20H23N5O/c1-3-24-18(9-11-22-24)20(26)23-12-10-17(14-23)25-15(2)13-21-19(25)16-7-5-4-6-8-16/h4-9,11,13,17H,3,10,12,14H2,1-2H3. The first-order valence-corrected chi connectivity index (χ1v) is 9.09. The van der Waals surface area contributed by atoms with Gasteiger partial charge in [-0.1, -0.05) is 30.3 Å². The van der Waals surface area contributed by atoms with Crippen LogP contribution in [0.5, 0.6) is 0 Å². The molecule has 1 saturated heterocycles. The van der Waals surface area contributed by atoms with Crippen molar-refractivity contribution in [2.75, 3.05) is 13.1 Å². The molecule has 1 amide bonds. The van der Waals surface area contributed by atoms with Crippen LogP contribution in [0, 0.1) is 6.92 Å². The lowest BCUT2D eigenvalue weighted by atomic mass is 10.2. The van der Waals surface area contributed by atoms with Crippen LogP contribution in [0.4, 0.5) is 0 Å². The van der Waals surface area contributed by atoms with Crippen molar-refractivity contribution in [2.45, 2.75) is 32.9 Å². The van der Waals surface area contributed by atoms with Gasteiger partial charge in [-0.3, -0.25) is 9.48 Å². The summed E-state index contributed by atoms with van der Waals surface area (Å²) >= 11 is 0. The van der Waals surface area contributed by atoms with Crippen molar-refractivity contribution in [3.63, 3.8) is 0 Å². The van der Waals surface area contributed by atoms with Crippen LogP contribution in [0.2, 0.25) is 0 Å². The van der Waals surface area contributed by atoms with Crippen LogP contribution < -0.4 is 0 Å². The fourth-order valence-corrected chi connectivity index (χ4v) is 3.77. The van der Waals surface area contributed by atoms with Gasteiger partial charge >= 0.3 is 0 Å². The van der Waals surface area contributed by atoms with Gasteiger partial charge in [0.15, 0.2) is 0 Å². The Labute approximate surface area is 153 Å². The van der Waals surface area contributed by atoms with E-state index in [1.807, 2.05) is 36.2 Å². The van der Waals surface area contributed by atoms with Crippen LogP contribution >= 0.6 is 0 Å². The summed E-state index contributed by atoms with van der Waals surface area (Å²) in [5, 5.41) is 4.22. The number of nitrogens with zero attached hydrogens (tertiary/aromatic N) is 5. The molecule has 4 rings (SSSR count). The minimum Gasteiger partial charge on any atom is -0.335 e. The van der Waals surface area contributed by atoms with Gasteiger partial charge in [-0.25, -0.2) is 4.98 Å². The molecule has 0 aliphatic carbocycles. The van der Waals surface area contributed by atoms with E-state index in [1.165, 1.54) is 0 Å². The first-order valence-electron chi connectivity index (χ1n) is 9.09. The zero-order chi connectivity index (χ0) is 18.1. The Morgan fingerprint density at radius 1 is 1.23 bits per heavy atom. The zero-order valence-electron chi connectivity index (χ0n) is 15.2. The van der Waals surface area contributed by atoms with Crippen molar-refractivity contribution >= 4 is 5.91 Å². The highest BCUT2D eigenvalue weighted by molar-refractivity contribution is 5.92. The van der Waals surface area contributed by atoms with Crippen LogP contribution in [-0.4, -0.2) is 43.2 Å². The molecule has 2 aromatic heterocycles. The number of carbonyl (C=O) groups excluding carboxylic acids is 1. The van der Waals surface area contributed by atoms with E-state index in [2.05, 4.69) is 33.7 Å². The van der Waals surface area contributed by atoms with Crippen molar-refractivity contribution in [2.24, 2.45) is 0 Å². The Morgan fingerprint density at radius 3 is 2.81 bits per heavy atom. The van der Waals surface area contributed by atoms with Crippen LogP contribution in [0.15, 0.2) is 48.8 Å². The normalized spacial score (nSPS) is 17.0. The van der Waals surface area contributed by atoms with Crippen LogP contribution in [-0.2, 0) is 6.54 Å². The van der Waals surface area contributed by atoms with Crippen molar-refractivity contribution < 1.29 is 4.79 Å². The van der Waals surface area contributed by atoms with Gasteiger partial charge in [-0.05, 0) is 26.3 Å². The van der Waals surface area contributed by atoms with Gasteiger partial charge in [0, 0.05) is 43.3 Å². The molecule has 1 atom stereocenters. The summed E-state index contributed by atoms with van der Waals surface area (Å²) in [6, 6.07) is 12.3. The molecule has 1 aromatic carbocycles. The van der Waals surface area contributed by atoms with Crippen LogP contribution in [0.25, 0.3) is 11.4 Å². The number of carbonyl (C=O) groups is 1. The summed E-state index contributed by atoms with van der Waals surface area (Å²) in [4.78, 5) is 19.4. The molecule has 6 nitrogen and oxygen atoms in total. The predicted molar refractivity (Wildman–Crippen MR) is 99.9 cm³/mol. The second-order valence-corrected chi connectivity index (χ2v) is 6.69. The smallest absolute Gasteiger partial charge is 0.272 e. The number of aromatic nitrogens is 4. The molecule has 1 aliphatic heterocycles. The lowest BCUT2D eigenvalue weighted by molar-refractivity contribution is 0.0775. The molecular formula is C20H23N5O. The first-order chi connectivity index (χ1) is 12.7. The number of amides is 1. The second kappa shape index (κ2) is 6.78. The molecule has 134 valence electrons. The fourth-order valence-electron chi connectivity index (χ4n) is 3.77. The minimum absolute atomic E-state index is 0.0610. The van der Waals surface area contributed by atoms with Crippen LogP contribution in [0.3, 0.4) is 0 Å². The number of benzene rings is 1. The highest BCUT2D eigenvalue weighted by Gasteiger charge is 2.31. The zero-order valence-corrected chi connectivity index (χ0v) is 15.2. The van der Waals surface area contributed by atoms with Gasteiger partial charge < -0.3 is 9.47 Å². The number of hydrogen-bond acceptors (Lipinski definition) is 3. The molecule has 1 fully saturated rings. The molecule has 1 unspecified atom stereocenters. The topological polar surface area (TPSA) is 56.0 Å². The third kappa shape index (κ3) is 2.81. The number of rotatable bonds is 4. The summed E-state index contributed by atoms with van der Waals surface area (Å²) in [5.74, 6) is 1.03. The average molecular weight is 349 g/mol. The summed E-state index contributed by atoms with van der Waals surface area (Å²) in [7, 11) is 0. The number of imidazole rings is 1. The SMILES string of the molecule is CCn1nccc1C(=O)N1CCC(n2c(C)cnc2-c2ccccc2)C1. The Hall–Kier alpha value is -2.89. The molecule has 0 saturated carbocycles. The highest BCUT2D eigenvalue weighted by Crippen LogP contribution is 2.30. The highest BCUT2D eigenvalue weighted by atomic mass is 16.2. The van der Waals surface area contributed by atoms with E-state index in [-0.39, 0.29) is 11.9 Å². The van der Waals surface area contributed by atoms with Crippen LogP contribution in [0.1, 0.15) is 35.6 Å². The predicted octanol–water partition coefficient (Wildman–Crippen LogP) is 3.16. The van der Waals surface area contributed by atoms with E-state index in [1.54, 1.807) is 16.9 Å². The Kier molecular flexibility index (Phi) is 4.32. The third-order valence-electron chi connectivity index (χ3n) is 5.06. The summed E-state index contributed by atoms with van der Waals surface area (Å²) in [6.07, 6.45) is 4.54. The van der Waals surface area contributed by atoms with E-state index in [0.717, 1.165) is 30.0 Å². The van der Waals surface area contributed by atoms with Gasteiger partial charge in [-0.15, -0.1) is 0 Å². The summed E-state index contributed by atoms with van der Waals surface area (Å²) in [5.41, 5.74) is 2.90. The lowest BCUT2D eigenvalue weighted by Crippen LogP contribution is -2.31. The second-order valence-electron chi connectivity index (χ2n) is 6.69. The maximum Gasteiger partial charge on any atom is 0.272 e. The monoisotopic (exact) mass is 349 g/mol. The van der Waals surface area contributed by atoms with Gasteiger partial charge in [0.1, 0.15) is 11.5 Å². The summed E-state index contributed by atoms with van der Waals surface area (Å²) < 4.78 is 4.03. The molecule has 0 radical (unpaired) electrons. The first kappa shape index (κ1) is 16.6. The Balaban J connectivity index is 1.58. The van der Waals surface area contributed by atoms with Crippen molar-refractivity contribution in [3.8, 4) is 11.4 Å². The number of likely N-dealkylation sites (tertiary alicyclic amines) is 1. The largest absolute Gasteiger partial charge is 0.335 e. The minimum atomic E-state index is 0.0610. The maximum absolute atomic E-state index is 12.9. The lowest BCUT2D eigenvalue weighted by Gasteiger charge is -2.20. The van der Waals surface area contributed by atoms with E-state index in [4.69, 9.17) is 0 Å². The van der Waals surface area contributed by atoms with E-state index in [9.17, 15) is 4.79 Å². The van der Waals surface area contributed by atoms with E-state index >= 15 is 0 Å². The molecular weight excluding hydrogens is 326 g/mol. The van der Waals surface area contributed by atoms with Crippen molar-refractivity contribution in [1.82, 2.24) is 24.2 Å². The third-order valence-corrected chi connectivity index (χ3v) is 5.06. The molecule has 3 heterocycles. The molecule has 26 heavy (non-hydrogen) atoms. The summed E-state index contributed by atoms with van der Waals surface area (Å²) in [6.45, 7) is 6.23. The van der Waals surface area contributed by atoms with Gasteiger partial charge in [0.2, 0.25) is 0 Å². The molecule has 0 spiro atoms. The fraction of sp³-hybridized carbons (Fsp3) is 0.350. The van der Waals surface area contributed by atoms with E-state index in [0.29, 0.717) is 18.8 Å². The van der Waals surface area contributed by atoms with Gasteiger partial charge in [-0.2, -0.15) is 5.10 Å². The van der Waals surface area contributed by atoms with Gasteiger partial charge in [0.05, 0.1) is 6.04 Å². The molecule has 0 N–H and O–H groups in total. The van der Waals surface area contributed by atoms with Crippen molar-refractivity contribution in [1.29, 1.82) is 0 Å². The average Bonchev–Trinajstić information content (AvgIpc) is 3.40. The van der Waals surface area contributed by atoms with Gasteiger partial charge in [0.25, 0.3) is 5.91 Å². The number of aryl methyl sites for hydroxylation is 2. The quantitative estimate of drug-likeness (QED) is 0.727. The Morgan fingerprint density at radius 2 is 2.04 bits per heavy atom. The Bertz CT molecular complexity index is 911. The molecule has 6 heteroatoms. The molecule has 0 bridgehead atoms. The number of hydrogen-bond donors (Lipinski definition) is 0. The maximum atomic E-state index is 12.9. The molecule has 3 aromatic rings. The molecule has 1 aliphatic rings.